The topological polar surface area (TPSA) is 203 Å². The molecule has 3 N–H and O–H groups in total. The van der Waals surface area contributed by atoms with Crippen molar-refractivity contribution in [1.82, 2.24) is 35.6 Å². The zero-order valence-corrected chi connectivity index (χ0v) is 34.8. The van der Waals surface area contributed by atoms with Gasteiger partial charge in [-0.2, -0.15) is 0 Å². The number of aromatic nitrogens is 3. The lowest BCUT2D eigenvalue weighted by atomic mass is 9.99. The van der Waals surface area contributed by atoms with E-state index in [1.165, 1.54) is 19.1 Å². The van der Waals surface area contributed by atoms with Crippen LogP contribution in [0.5, 0.6) is 0 Å². The minimum atomic E-state index is -1.13. The number of halogens is 1. The van der Waals surface area contributed by atoms with Gasteiger partial charge < -0.3 is 20.1 Å². The molecule has 0 aliphatic carbocycles. The first-order valence-electron chi connectivity index (χ1n) is 19.2. The monoisotopic (exact) mass is 844 g/mol. The second kappa shape index (κ2) is 18.9. The standard InChI is InChI=1S/C41H45ClN8O8S/c1-6-9-30(34-23(3)39(55)50(40(34)56)29-14-15-31(51)46-38(29)54)58-21-33(53)44-17-8-19-57-18-7-16-43-32(52)20-28-37-48-47-25(5)49(37)41-35(22(2)24(4)59-41)36(45-28)26-10-12-27(42)13-11-26/h6,9-13,28-29H,1,7-8,14-21H2,2-5H3,(H,43,52)(H,44,53)(H,46,51,54)/b30-9+/t28-,29?/m0/s1. The van der Waals surface area contributed by atoms with Gasteiger partial charge in [0.25, 0.3) is 17.7 Å². The zero-order chi connectivity index (χ0) is 42.4. The molecule has 6 rings (SSSR count). The number of allylic oxidation sites excluding steroid dienone is 2. The predicted molar refractivity (Wildman–Crippen MR) is 219 cm³/mol. The van der Waals surface area contributed by atoms with Crippen LogP contribution in [0.4, 0.5) is 0 Å². The highest BCUT2D eigenvalue weighted by molar-refractivity contribution is 7.15. The molecule has 5 heterocycles. The third kappa shape index (κ3) is 9.42. The maximum atomic E-state index is 13.3. The van der Waals surface area contributed by atoms with Crippen LogP contribution < -0.4 is 16.0 Å². The van der Waals surface area contributed by atoms with Crippen molar-refractivity contribution in [3.8, 4) is 5.00 Å². The van der Waals surface area contributed by atoms with E-state index in [4.69, 9.17) is 26.1 Å². The molecule has 1 fully saturated rings. The summed E-state index contributed by atoms with van der Waals surface area (Å²) < 4.78 is 13.4. The van der Waals surface area contributed by atoms with Gasteiger partial charge in [-0.15, -0.1) is 21.5 Å². The van der Waals surface area contributed by atoms with E-state index in [0.29, 0.717) is 49.3 Å². The van der Waals surface area contributed by atoms with Gasteiger partial charge in [-0.3, -0.25) is 48.5 Å². The fourth-order valence-corrected chi connectivity index (χ4v) is 8.29. The molecule has 3 aliphatic rings. The SMILES string of the molecule is C=C/C=C(/OCC(=O)NCCCOCCCNC(=O)C[C@@H]1N=C(c2ccc(Cl)cc2)c2c(sc(C)c2C)-n2c(C)nnc21)C1=C(C)C(=O)N(C2CCC(=O)NC2=O)C1=O. The number of rotatable bonds is 17. The number of ether oxygens (including phenoxy) is 2. The van der Waals surface area contributed by atoms with Gasteiger partial charge in [0.05, 0.1) is 17.7 Å². The van der Waals surface area contributed by atoms with Crippen LogP contribution in [0.3, 0.4) is 0 Å². The van der Waals surface area contributed by atoms with E-state index in [-0.39, 0.29) is 48.6 Å². The number of fused-ring (bicyclic) bond motifs is 3. The fourth-order valence-electron chi connectivity index (χ4n) is 6.95. The molecule has 6 amide bonds. The molecule has 16 nitrogen and oxygen atoms in total. The average molecular weight is 845 g/mol. The molecule has 59 heavy (non-hydrogen) atoms. The Hall–Kier alpha value is -5.78. The Labute approximate surface area is 349 Å². The Morgan fingerprint density at radius 2 is 1.69 bits per heavy atom. The molecule has 3 aromatic rings. The fraction of sp³-hybridized carbons (Fsp3) is 0.390. The second-order valence-electron chi connectivity index (χ2n) is 14.1. The van der Waals surface area contributed by atoms with Gasteiger partial charge in [0, 0.05) is 59.3 Å². The number of carbonyl (C=O) groups is 6. The van der Waals surface area contributed by atoms with Crippen LogP contribution in [0, 0.1) is 20.8 Å². The van der Waals surface area contributed by atoms with E-state index in [2.05, 4.69) is 46.6 Å². The Morgan fingerprint density at radius 1 is 1.00 bits per heavy atom. The average Bonchev–Trinajstić information content (AvgIpc) is 3.76. The molecule has 2 atom stereocenters. The summed E-state index contributed by atoms with van der Waals surface area (Å²) in [5.74, 6) is -2.01. The van der Waals surface area contributed by atoms with E-state index in [9.17, 15) is 28.8 Å². The number of aliphatic imine (C=N–C) groups is 1. The summed E-state index contributed by atoms with van der Waals surface area (Å²) >= 11 is 7.86. The van der Waals surface area contributed by atoms with E-state index < -0.39 is 48.2 Å². The lowest BCUT2D eigenvalue weighted by Crippen LogP contribution is -2.54. The molecule has 3 aliphatic heterocycles. The van der Waals surface area contributed by atoms with Crippen LogP contribution in [0.1, 0.15) is 78.3 Å². The summed E-state index contributed by atoms with van der Waals surface area (Å²) in [7, 11) is 0. The van der Waals surface area contributed by atoms with Gasteiger partial charge in [-0.25, -0.2) is 0 Å². The summed E-state index contributed by atoms with van der Waals surface area (Å²) in [6.45, 7) is 12.1. The molecule has 2 aromatic heterocycles. The van der Waals surface area contributed by atoms with Crippen LogP contribution >= 0.6 is 22.9 Å². The first-order valence-corrected chi connectivity index (χ1v) is 20.4. The highest BCUT2D eigenvalue weighted by atomic mass is 35.5. The number of thiophene rings is 1. The van der Waals surface area contributed by atoms with Gasteiger partial charge in [-0.1, -0.05) is 36.4 Å². The van der Waals surface area contributed by atoms with Crippen molar-refractivity contribution in [3.05, 3.63) is 98.1 Å². The summed E-state index contributed by atoms with van der Waals surface area (Å²) in [6, 6.07) is 5.81. The van der Waals surface area contributed by atoms with Crippen molar-refractivity contribution in [2.45, 2.75) is 71.9 Å². The highest BCUT2D eigenvalue weighted by Gasteiger charge is 2.46. The normalized spacial score (nSPS) is 17.9. The van der Waals surface area contributed by atoms with Crippen molar-refractivity contribution in [1.29, 1.82) is 0 Å². The number of carbonyl (C=O) groups excluding carboxylic acids is 6. The number of amides is 6. The molecule has 18 heteroatoms. The molecule has 0 bridgehead atoms. The summed E-state index contributed by atoms with van der Waals surface area (Å²) in [4.78, 5) is 83.2. The minimum Gasteiger partial charge on any atom is -0.483 e. The number of nitrogens with zero attached hydrogens (tertiary/aromatic N) is 5. The predicted octanol–water partition coefficient (Wildman–Crippen LogP) is 3.80. The second-order valence-corrected chi connectivity index (χ2v) is 15.8. The molecule has 1 saturated heterocycles. The Bertz CT molecular complexity index is 2290. The Kier molecular flexibility index (Phi) is 13.7. The first-order chi connectivity index (χ1) is 28.3. The largest absolute Gasteiger partial charge is 0.483 e. The van der Waals surface area contributed by atoms with Crippen molar-refractivity contribution >= 4 is 64.1 Å². The lowest BCUT2D eigenvalue weighted by molar-refractivity contribution is -0.150. The molecule has 1 unspecified atom stereocenters. The van der Waals surface area contributed by atoms with Crippen LogP contribution in [0.25, 0.3) is 5.00 Å². The number of nitrogens with one attached hydrogen (secondary N) is 3. The molecular weight excluding hydrogens is 800 g/mol. The smallest absolute Gasteiger partial charge is 0.265 e. The van der Waals surface area contributed by atoms with Gasteiger partial charge in [0.15, 0.2) is 12.4 Å². The number of aryl methyl sites for hydroxylation is 2. The lowest BCUT2D eigenvalue weighted by Gasteiger charge is -2.28. The third-order valence-electron chi connectivity index (χ3n) is 10.1. The van der Waals surface area contributed by atoms with E-state index in [0.717, 1.165) is 37.2 Å². The summed E-state index contributed by atoms with van der Waals surface area (Å²) in [5.41, 5.74) is 3.73. The number of benzene rings is 1. The van der Waals surface area contributed by atoms with Gasteiger partial charge in [0.2, 0.25) is 17.7 Å². The van der Waals surface area contributed by atoms with E-state index in [1.807, 2.05) is 35.8 Å². The van der Waals surface area contributed by atoms with Crippen molar-refractivity contribution in [2.75, 3.05) is 32.9 Å². The van der Waals surface area contributed by atoms with Crippen LogP contribution in [-0.2, 0) is 38.2 Å². The van der Waals surface area contributed by atoms with Gasteiger partial charge >= 0.3 is 0 Å². The summed E-state index contributed by atoms with van der Waals surface area (Å²) in [5, 5.41) is 18.2. The first kappa shape index (κ1) is 42.8. The molecule has 310 valence electrons. The number of hydrogen-bond acceptors (Lipinski definition) is 12. The summed E-state index contributed by atoms with van der Waals surface area (Å²) in [6.07, 6.45) is 3.86. The zero-order valence-electron chi connectivity index (χ0n) is 33.2. The third-order valence-corrected chi connectivity index (χ3v) is 11.5. The van der Waals surface area contributed by atoms with Crippen molar-refractivity contribution in [3.63, 3.8) is 0 Å². The van der Waals surface area contributed by atoms with Crippen LogP contribution in [0.2, 0.25) is 5.02 Å². The highest BCUT2D eigenvalue weighted by Crippen LogP contribution is 2.39. The maximum absolute atomic E-state index is 13.3. The molecule has 0 saturated carbocycles. The van der Waals surface area contributed by atoms with E-state index >= 15 is 0 Å². The maximum Gasteiger partial charge on any atom is 0.265 e. The minimum absolute atomic E-state index is 0.00819. The Balaban J connectivity index is 0.922. The van der Waals surface area contributed by atoms with Crippen molar-refractivity contribution in [2.24, 2.45) is 4.99 Å². The molecule has 0 radical (unpaired) electrons. The molecular formula is C41H45ClN8O8S. The number of hydrogen-bond donors (Lipinski definition) is 3. The van der Waals surface area contributed by atoms with E-state index in [1.54, 1.807) is 11.3 Å². The quantitative estimate of drug-likeness (QED) is 0.0777. The van der Waals surface area contributed by atoms with Gasteiger partial charge in [0.1, 0.15) is 28.7 Å². The van der Waals surface area contributed by atoms with Crippen LogP contribution in [-0.4, -0.2) is 99.8 Å². The Morgan fingerprint density at radius 3 is 2.37 bits per heavy atom. The number of piperidine rings is 1. The number of imide groups is 2. The van der Waals surface area contributed by atoms with Crippen LogP contribution in [0.15, 0.2) is 64.9 Å². The molecule has 1 aromatic carbocycles. The van der Waals surface area contributed by atoms with Crippen molar-refractivity contribution < 1.29 is 38.2 Å². The van der Waals surface area contributed by atoms with Gasteiger partial charge in [-0.05, 0) is 70.7 Å². The molecule has 0 spiro atoms.